The number of para-hydroxylation sites is 1. The number of rotatable bonds is 3. The van der Waals surface area contributed by atoms with E-state index in [4.69, 9.17) is 4.74 Å². The van der Waals surface area contributed by atoms with Crippen molar-refractivity contribution in [3.63, 3.8) is 0 Å². The van der Waals surface area contributed by atoms with Gasteiger partial charge in [0.2, 0.25) is 0 Å². The molecule has 1 saturated heterocycles. The van der Waals surface area contributed by atoms with E-state index in [2.05, 4.69) is 16.9 Å². The van der Waals surface area contributed by atoms with Crippen LogP contribution in [-0.2, 0) is 4.74 Å². The lowest BCUT2D eigenvalue weighted by molar-refractivity contribution is 0.0416. The summed E-state index contributed by atoms with van der Waals surface area (Å²) in [5.41, 5.74) is 1.41. The summed E-state index contributed by atoms with van der Waals surface area (Å²) in [7, 11) is 2.07. The minimum atomic E-state index is -0.288. The van der Waals surface area contributed by atoms with E-state index in [1.165, 1.54) is 6.42 Å². The summed E-state index contributed by atoms with van der Waals surface area (Å²) in [5.74, 6) is -0.288. The van der Waals surface area contributed by atoms with Gasteiger partial charge in [-0.05, 0) is 38.6 Å². The third kappa shape index (κ3) is 2.65. The van der Waals surface area contributed by atoms with Gasteiger partial charge in [0.1, 0.15) is 6.61 Å². The first kappa shape index (κ1) is 13.1. The molecule has 1 aliphatic rings. The molecule has 1 aliphatic heterocycles. The molecule has 0 amide bonds. The Morgan fingerprint density at radius 3 is 3.10 bits per heavy atom. The lowest BCUT2D eigenvalue weighted by Gasteiger charge is -2.18. The molecule has 1 aromatic heterocycles. The van der Waals surface area contributed by atoms with E-state index in [1.807, 2.05) is 30.3 Å². The summed E-state index contributed by atoms with van der Waals surface area (Å²) in [6, 6.07) is 9.94. The Bertz CT molecular complexity index is 627. The van der Waals surface area contributed by atoms with E-state index in [0.29, 0.717) is 18.2 Å². The quantitative estimate of drug-likeness (QED) is 0.804. The van der Waals surface area contributed by atoms with Crippen LogP contribution in [0.25, 0.3) is 10.9 Å². The van der Waals surface area contributed by atoms with E-state index < -0.39 is 0 Å². The van der Waals surface area contributed by atoms with Gasteiger partial charge in [0, 0.05) is 17.6 Å². The molecule has 4 nitrogen and oxygen atoms in total. The molecule has 3 rings (SSSR count). The molecule has 0 aliphatic carbocycles. The maximum absolute atomic E-state index is 12.1. The largest absolute Gasteiger partial charge is 0.460 e. The predicted molar refractivity (Wildman–Crippen MR) is 77.7 cm³/mol. The van der Waals surface area contributed by atoms with E-state index in [-0.39, 0.29) is 5.97 Å². The van der Waals surface area contributed by atoms with Crippen molar-refractivity contribution in [1.82, 2.24) is 9.88 Å². The third-order valence-corrected chi connectivity index (χ3v) is 3.90. The highest BCUT2D eigenvalue weighted by molar-refractivity contribution is 5.93. The Morgan fingerprint density at radius 1 is 1.45 bits per heavy atom. The molecule has 4 heteroatoms. The van der Waals surface area contributed by atoms with Crippen LogP contribution < -0.4 is 0 Å². The van der Waals surface area contributed by atoms with Gasteiger partial charge >= 0.3 is 5.97 Å². The van der Waals surface area contributed by atoms with Gasteiger partial charge in [-0.25, -0.2) is 4.79 Å². The Hall–Kier alpha value is -1.94. The molecular weight excluding hydrogens is 252 g/mol. The summed E-state index contributed by atoms with van der Waals surface area (Å²) in [6.07, 6.45) is 3.86. The number of carbonyl (C=O) groups is 1. The highest BCUT2D eigenvalue weighted by Gasteiger charge is 2.22. The molecule has 1 atom stereocenters. The molecule has 2 heterocycles. The number of aromatic nitrogens is 1. The second-order valence-electron chi connectivity index (χ2n) is 5.29. The molecular formula is C16H18N2O2. The number of nitrogens with zero attached hydrogens (tertiary/aromatic N) is 2. The number of likely N-dealkylation sites (tertiary alicyclic amines) is 1. The molecule has 0 unspecified atom stereocenters. The number of hydrogen-bond donors (Lipinski definition) is 0. The zero-order valence-corrected chi connectivity index (χ0v) is 11.6. The van der Waals surface area contributed by atoms with Crippen molar-refractivity contribution < 1.29 is 9.53 Å². The first-order valence-corrected chi connectivity index (χ1v) is 6.96. The number of carbonyl (C=O) groups excluding carboxylic acids is 1. The van der Waals surface area contributed by atoms with E-state index in [0.717, 1.165) is 23.9 Å². The highest BCUT2D eigenvalue weighted by Crippen LogP contribution is 2.17. The van der Waals surface area contributed by atoms with Crippen molar-refractivity contribution in [2.24, 2.45) is 0 Å². The summed E-state index contributed by atoms with van der Waals surface area (Å²) in [5, 5.41) is 0.958. The zero-order valence-electron chi connectivity index (χ0n) is 11.6. The monoisotopic (exact) mass is 270 g/mol. The smallest absolute Gasteiger partial charge is 0.339 e. The van der Waals surface area contributed by atoms with Crippen LogP contribution in [0.3, 0.4) is 0 Å². The Morgan fingerprint density at radius 2 is 2.30 bits per heavy atom. The van der Waals surface area contributed by atoms with Crippen molar-refractivity contribution in [2.45, 2.75) is 18.9 Å². The van der Waals surface area contributed by atoms with Crippen LogP contribution in [0, 0.1) is 0 Å². The third-order valence-electron chi connectivity index (χ3n) is 3.90. The molecule has 0 saturated carbocycles. The number of hydrogen-bond acceptors (Lipinski definition) is 4. The van der Waals surface area contributed by atoms with E-state index >= 15 is 0 Å². The first-order valence-electron chi connectivity index (χ1n) is 6.96. The molecule has 1 fully saturated rings. The van der Waals surface area contributed by atoms with Crippen LogP contribution in [-0.4, -0.2) is 42.1 Å². The fourth-order valence-electron chi connectivity index (χ4n) is 2.63. The van der Waals surface area contributed by atoms with Gasteiger partial charge < -0.3 is 9.64 Å². The molecule has 20 heavy (non-hydrogen) atoms. The number of pyridine rings is 1. The number of fused-ring (bicyclic) bond motifs is 1. The molecule has 1 aromatic carbocycles. The summed E-state index contributed by atoms with van der Waals surface area (Å²) >= 11 is 0. The van der Waals surface area contributed by atoms with Crippen LogP contribution in [0.1, 0.15) is 23.2 Å². The number of likely N-dealkylation sites (N-methyl/N-ethyl adjacent to an activating group) is 1. The number of esters is 1. The zero-order chi connectivity index (χ0) is 13.9. The van der Waals surface area contributed by atoms with Crippen molar-refractivity contribution in [3.8, 4) is 0 Å². The molecule has 0 radical (unpaired) electrons. The summed E-state index contributed by atoms with van der Waals surface area (Å²) in [4.78, 5) is 18.6. The van der Waals surface area contributed by atoms with Crippen molar-refractivity contribution >= 4 is 16.9 Å². The Balaban J connectivity index is 1.69. The topological polar surface area (TPSA) is 42.4 Å². The molecule has 0 bridgehead atoms. The molecule has 104 valence electrons. The number of benzene rings is 1. The van der Waals surface area contributed by atoms with E-state index in [9.17, 15) is 4.79 Å². The van der Waals surface area contributed by atoms with Gasteiger partial charge in [0.05, 0.1) is 11.1 Å². The SMILES string of the molecule is CN1CCC[C@H]1COC(=O)c1cnc2ccccc2c1. The second-order valence-corrected chi connectivity index (χ2v) is 5.29. The van der Waals surface area contributed by atoms with Crippen LogP contribution in [0.4, 0.5) is 0 Å². The van der Waals surface area contributed by atoms with Gasteiger partial charge in [-0.15, -0.1) is 0 Å². The van der Waals surface area contributed by atoms with Crippen molar-refractivity contribution in [3.05, 3.63) is 42.1 Å². The van der Waals surface area contributed by atoms with Gasteiger partial charge in [0.25, 0.3) is 0 Å². The standard InChI is InChI=1S/C16H18N2O2/c1-18-8-4-6-14(18)11-20-16(19)13-9-12-5-2-3-7-15(12)17-10-13/h2-3,5,7,9-10,14H,4,6,8,11H2,1H3/t14-/m0/s1. The highest BCUT2D eigenvalue weighted by atomic mass is 16.5. The maximum atomic E-state index is 12.1. The van der Waals surface area contributed by atoms with Gasteiger partial charge in [-0.2, -0.15) is 0 Å². The minimum absolute atomic E-state index is 0.288. The van der Waals surface area contributed by atoms with Crippen LogP contribution in [0.5, 0.6) is 0 Å². The fraction of sp³-hybridized carbons (Fsp3) is 0.375. The van der Waals surface area contributed by atoms with Gasteiger partial charge in [0.15, 0.2) is 0 Å². The minimum Gasteiger partial charge on any atom is -0.460 e. The maximum Gasteiger partial charge on any atom is 0.339 e. The molecule has 2 aromatic rings. The predicted octanol–water partition coefficient (Wildman–Crippen LogP) is 2.49. The average Bonchev–Trinajstić information content (AvgIpc) is 2.89. The fourth-order valence-corrected chi connectivity index (χ4v) is 2.63. The summed E-state index contributed by atoms with van der Waals surface area (Å²) < 4.78 is 5.41. The molecule has 0 N–H and O–H groups in total. The molecule has 0 spiro atoms. The Labute approximate surface area is 118 Å². The van der Waals surface area contributed by atoms with E-state index in [1.54, 1.807) is 6.20 Å². The lowest BCUT2D eigenvalue weighted by Crippen LogP contribution is -2.30. The number of ether oxygens (including phenoxy) is 1. The first-order chi connectivity index (χ1) is 9.74. The van der Waals surface area contributed by atoms with Gasteiger partial charge in [-0.1, -0.05) is 18.2 Å². The normalized spacial score (nSPS) is 19.4. The van der Waals surface area contributed by atoms with Crippen molar-refractivity contribution in [1.29, 1.82) is 0 Å². The van der Waals surface area contributed by atoms with Crippen LogP contribution in [0.2, 0.25) is 0 Å². The van der Waals surface area contributed by atoms with Gasteiger partial charge in [-0.3, -0.25) is 4.98 Å². The summed E-state index contributed by atoms with van der Waals surface area (Å²) in [6.45, 7) is 1.54. The Kier molecular flexibility index (Phi) is 3.65. The second kappa shape index (κ2) is 5.59. The lowest BCUT2D eigenvalue weighted by atomic mass is 10.1. The van der Waals surface area contributed by atoms with Crippen molar-refractivity contribution in [2.75, 3.05) is 20.2 Å². The average molecular weight is 270 g/mol. The van der Waals surface area contributed by atoms with Crippen LogP contribution >= 0.6 is 0 Å². The van der Waals surface area contributed by atoms with Crippen LogP contribution in [0.15, 0.2) is 36.5 Å².